The van der Waals surface area contributed by atoms with Crippen molar-refractivity contribution in [2.75, 3.05) is 13.2 Å². The van der Waals surface area contributed by atoms with Gasteiger partial charge in [-0.3, -0.25) is 0 Å². The van der Waals surface area contributed by atoms with Crippen molar-refractivity contribution in [2.24, 2.45) is 0 Å². The third-order valence-electron chi connectivity index (χ3n) is 5.27. The number of ether oxygens (including phenoxy) is 2. The first-order valence-electron chi connectivity index (χ1n) is 10.9. The highest BCUT2D eigenvalue weighted by molar-refractivity contribution is 7.91. The predicted octanol–water partition coefficient (Wildman–Crippen LogP) is 5.76. The maximum Gasteiger partial charge on any atom is 0.206 e. The van der Waals surface area contributed by atoms with Crippen LogP contribution in [0.3, 0.4) is 0 Å². The minimum atomic E-state index is -3.61. The number of hydrogen-bond donors (Lipinski definition) is 0. The average molecular weight is 459 g/mol. The van der Waals surface area contributed by atoms with Gasteiger partial charge in [0, 0.05) is 12.8 Å². The van der Waals surface area contributed by atoms with Crippen molar-refractivity contribution in [3.8, 4) is 11.5 Å². The Morgan fingerprint density at radius 2 is 0.848 bits per heavy atom. The van der Waals surface area contributed by atoms with E-state index in [4.69, 9.17) is 9.47 Å². The third kappa shape index (κ3) is 6.24. The predicted molar refractivity (Wildman–Crippen MR) is 130 cm³/mol. The number of rotatable bonds is 10. The summed E-state index contributed by atoms with van der Waals surface area (Å²) in [7, 11) is -3.61. The van der Waals surface area contributed by atoms with Crippen LogP contribution in [0.15, 0.2) is 119 Å². The van der Waals surface area contributed by atoms with Gasteiger partial charge < -0.3 is 9.47 Å². The fourth-order valence-corrected chi connectivity index (χ4v) is 4.69. The van der Waals surface area contributed by atoms with Gasteiger partial charge in [-0.2, -0.15) is 0 Å². The second-order valence-electron chi connectivity index (χ2n) is 7.61. The van der Waals surface area contributed by atoms with Crippen LogP contribution in [0, 0.1) is 0 Å². The number of sulfone groups is 1. The van der Waals surface area contributed by atoms with Gasteiger partial charge in [0.05, 0.1) is 23.0 Å². The van der Waals surface area contributed by atoms with E-state index in [0.717, 1.165) is 12.8 Å². The molecule has 0 saturated carbocycles. The second kappa shape index (κ2) is 10.8. The Morgan fingerprint density at radius 1 is 0.485 bits per heavy atom. The topological polar surface area (TPSA) is 52.6 Å². The molecule has 0 aliphatic heterocycles. The van der Waals surface area contributed by atoms with Crippen molar-refractivity contribution in [1.82, 2.24) is 0 Å². The van der Waals surface area contributed by atoms with Gasteiger partial charge in [-0.1, -0.05) is 60.7 Å². The molecule has 4 aromatic carbocycles. The van der Waals surface area contributed by atoms with Gasteiger partial charge in [0.15, 0.2) is 0 Å². The fourth-order valence-electron chi connectivity index (χ4n) is 3.43. The monoisotopic (exact) mass is 458 g/mol. The molecule has 4 rings (SSSR count). The van der Waals surface area contributed by atoms with E-state index in [1.807, 2.05) is 36.4 Å². The minimum Gasteiger partial charge on any atom is -0.493 e. The zero-order chi connectivity index (χ0) is 22.9. The van der Waals surface area contributed by atoms with Crippen molar-refractivity contribution < 1.29 is 17.9 Å². The van der Waals surface area contributed by atoms with Crippen molar-refractivity contribution >= 4 is 9.84 Å². The van der Waals surface area contributed by atoms with Crippen molar-refractivity contribution in [3.05, 3.63) is 120 Å². The fraction of sp³-hybridized carbons (Fsp3) is 0.143. The molecule has 0 saturated heterocycles. The third-order valence-corrected chi connectivity index (χ3v) is 7.06. The summed E-state index contributed by atoms with van der Waals surface area (Å²) in [5.41, 5.74) is 2.40. The molecule has 4 nitrogen and oxygen atoms in total. The Balaban J connectivity index is 1.32. The minimum absolute atomic E-state index is 0.232. The summed E-state index contributed by atoms with van der Waals surface area (Å²) in [5.74, 6) is 1.29. The first kappa shape index (κ1) is 22.6. The van der Waals surface area contributed by atoms with Crippen molar-refractivity contribution in [2.45, 2.75) is 22.6 Å². The van der Waals surface area contributed by atoms with Gasteiger partial charge >= 0.3 is 0 Å². The standard InChI is InChI=1S/C28H26O4S/c29-33(30,27-15-11-25(12-16-27)31-21-19-23-7-3-1-4-8-23)28-17-13-26(14-18-28)32-22-20-24-9-5-2-6-10-24/h1-18H,19-22H2. The van der Waals surface area contributed by atoms with Gasteiger partial charge in [-0.05, 0) is 59.7 Å². The van der Waals surface area contributed by atoms with Crippen LogP contribution in [0.4, 0.5) is 0 Å². The summed E-state index contributed by atoms with van der Waals surface area (Å²) in [6.45, 7) is 1.06. The molecule has 0 aliphatic carbocycles. The normalized spacial score (nSPS) is 11.2. The van der Waals surface area contributed by atoms with Gasteiger partial charge in [-0.25, -0.2) is 8.42 Å². The zero-order valence-corrected chi connectivity index (χ0v) is 19.1. The highest BCUT2D eigenvalue weighted by Crippen LogP contribution is 2.25. The molecule has 0 aliphatic rings. The van der Waals surface area contributed by atoms with E-state index < -0.39 is 9.84 Å². The molecule has 33 heavy (non-hydrogen) atoms. The summed E-state index contributed by atoms with van der Waals surface area (Å²) in [4.78, 5) is 0.464. The SMILES string of the molecule is O=S(=O)(c1ccc(OCCc2ccccc2)cc1)c1ccc(OCCc2ccccc2)cc1. The number of benzene rings is 4. The van der Waals surface area contributed by atoms with Crippen LogP contribution in [-0.4, -0.2) is 21.6 Å². The van der Waals surface area contributed by atoms with Crippen LogP contribution in [-0.2, 0) is 22.7 Å². The molecular weight excluding hydrogens is 432 g/mol. The molecule has 0 bridgehead atoms. The van der Waals surface area contributed by atoms with Crippen LogP contribution in [0.2, 0.25) is 0 Å². The summed E-state index contributed by atoms with van der Waals surface area (Å²) in [6, 6.07) is 33.3. The molecule has 0 radical (unpaired) electrons. The highest BCUT2D eigenvalue weighted by Gasteiger charge is 2.17. The van der Waals surface area contributed by atoms with Crippen LogP contribution in [0.25, 0.3) is 0 Å². The molecule has 0 atom stereocenters. The van der Waals surface area contributed by atoms with Crippen LogP contribution < -0.4 is 9.47 Å². The molecular formula is C28H26O4S. The smallest absolute Gasteiger partial charge is 0.206 e. The molecule has 4 aromatic rings. The molecule has 0 N–H and O–H groups in total. The lowest BCUT2D eigenvalue weighted by atomic mass is 10.2. The Morgan fingerprint density at radius 3 is 1.21 bits per heavy atom. The summed E-state index contributed by atoms with van der Waals surface area (Å²) in [5, 5.41) is 0. The maximum atomic E-state index is 13.0. The van der Waals surface area contributed by atoms with Gasteiger partial charge in [0.1, 0.15) is 11.5 Å². The lowest BCUT2D eigenvalue weighted by Crippen LogP contribution is -2.04. The summed E-state index contributed by atoms with van der Waals surface area (Å²) in [6.07, 6.45) is 1.58. The van der Waals surface area contributed by atoms with E-state index in [0.29, 0.717) is 24.7 Å². The molecule has 0 spiro atoms. The Labute approximate surface area is 195 Å². The second-order valence-corrected chi connectivity index (χ2v) is 9.56. The van der Waals surface area contributed by atoms with Crippen LogP contribution in [0.5, 0.6) is 11.5 Å². The van der Waals surface area contributed by atoms with E-state index in [2.05, 4.69) is 24.3 Å². The Bertz CT molecular complexity index is 1140. The van der Waals surface area contributed by atoms with Gasteiger partial charge in [-0.15, -0.1) is 0 Å². The first-order chi connectivity index (χ1) is 16.1. The zero-order valence-electron chi connectivity index (χ0n) is 18.3. The quantitative estimate of drug-likeness (QED) is 0.303. The number of hydrogen-bond acceptors (Lipinski definition) is 4. The average Bonchev–Trinajstić information content (AvgIpc) is 2.86. The molecule has 0 fully saturated rings. The lowest BCUT2D eigenvalue weighted by Gasteiger charge is -2.10. The molecule has 5 heteroatoms. The van der Waals surface area contributed by atoms with E-state index >= 15 is 0 Å². The van der Waals surface area contributed by atoms with Crippen LogP contribution in [0.1, 0.15) is 11.1 Å². The molecule has 0 unspecified atom stereocenters. The molecule has 0 aromatic heterocycles. The van der Waals surface area contributed by atoms with E-state index in [-0.39, 0.29) is 9.79 Å². The maximum absolute atomic E-state index is 13.0. The largest absolute Gasteiger partial charge is 0.493 e. The van der Waals surface area contributed by atoms with E-state index in [9.17, 15) is 8.42 Å². The Hall–Kier alpha value is -3.57. The lowest BCUT2D eigenvalue weighted by molar-refractivity contribution is 0.321. The highest BCUT2D eigenvalue weighted by atomic mass is 32.2. The van der Waals surface area contributed by atoms with Crippen molar-refractivity contribution in [3.63, 3.8) is 0 Å². The van der Waals surface area contributed by atoms with E-state index in [1.54, 1.807) is 48.5 Å². The summed E-state index contributed by atoms with van der Waals surface area (Å²) >= 11 is 0. The van der Waals surface area contributed by atoms with Crippen LogP contribution >= 0.6 is 0 Å². The van der Waals surface area contributed by atoms with Gasteiger partial charge in [0.2, 0.25) is 9.84 Å². The molecule has 168 valence electrons. The van der Waals surface area contributed by atoms with E-state index in [1.165, 1.54) is 11.1 Å². The molecule has 0 amide bonds. The van der Waals surface area contributed by atoms with Crippen molar-refractivity contribution in [1.29, 1.82) is 0 Å². The summed E-state index contributed by atoms with van der Waals surface area (Å²) < 4.78 is 37.5. The van der Waals surface area contributed by atoms with Gasteiger partial charge in [0.25, 0.3) is 0 Å². The Kier molecular flexibility index (Phi) is 7.43. The first-order valence-corrected chi connectivity index (χ1v) is 12.4. The molecule has 0 heterocycles.